The van der Waals surface area contributed by atoms with E-state index in [1.807, 2.05) is 0 Å². The van der Waals surface area contributed by atoms with Crippen LogP contribution in [0.5, 0.6) is 0 Å². The Labute approximate surface area is 276 Å². The van der Waals surface area contributed by atoms with E-state index in [9.17, 15) is 0 Å². The molecule has 0 saturated heterocycles. The number of benzene rings is 5. The summed E-state index contributed by atoms with van der Waals surface area (Å²) in [5.74, 6) is 1.17. The predicted molar refractivity (Wildman–Crippen MR) is 196 cm³/mol. The Bertz CT molecular complexity index is 2390. The van der Waals surface area contributed by atoms with Gasteiger partial charge in [-0.3, -0.25) is 0 Å². The number of rotatable bonds is 4. The quantitative estimate of drug-likeness (QED) is 0.194. The number of hydrogen-bond donors (Lipinski definition) is 0. The zero-order valence-electron chi connectivity index (χ0n) is 26.8. The van der Waals surface area contributed by atoms with Crippen molar-refractivity contribution in [2.45, 2.75) is 38.6 Å². The number of para-hydroxylation sites is 3. The lowest BCUT2D eigenvalue weighted by Crippen LogP contribution is -2.43. The van der Waals surface area contributed by atoms with Crippen molar-refractivity contribution >= 4 is 44.8 Å². The highest BCUT2D eigenvalue weighted by molar-refractivity contribution is 6.10. The van der Waals surface area contributed by atoms with Gasteiger partial charge in [-0.15, -0.1) is 0 Å². The van der Waals surface area contributed by atoms with E-state index in [1.54, 1.807) is 16.7 Å². The first-order valence-corrected chi connectivity index (χ1v) is 17.4. The van der Waals surface area contributed by atoms with E-state index in [0.29, 0.717) is 11.8 Å². The molecule has 228 valence electrons. The van der Waals surface area contributed by atoms with E-state index in [0.717, 1.165) is 6.42 Å². The number of allylic oxidation sites excluding steroid dienone is 2. The van der Waals surface area contributed by atoms with Crippen LogP contribution < -0.4 is 15.3 Å². The summed E-state index contributed by atoms with van der Waals surface area (Å²) >= 11 is 0. The van der Waals surface area contributed by atoms with Gasteiger partial charge in [0.1, 0.15) is 0 Å². The zero-order chi connectivity index (χ0) is 31.1. The summed E-state index contributed by atoms with van der Waals surface area (Å²) in [6.45, 7) is 2.53. The summed E-state index contributed by atoms with van der Waals surface area (Å²) in [5, 5.41) is 5.48. The molecular weight excluding hydrogens is 569 g/mol. The van der Waals surface area contributed by atoms with Crippen LogP contribution in [-0.2, 0) is 0 Å². The number of hydrogen-bond acceptors (Lipinski definition) is 1. The maximum atomic E-state index is 2.67. The molecule has 2 saturated carbocycles. The third kappa shape index (κ3) is 3.97. The molecule has 1 heterocycles. The molecule has 6 aromatic rings. The first-order valence-electron chi connectivity index (χ1n) is 17.4. The molecule has 0 bridgehead atoms. The Kier molecular flexibility index (Phi) is 5.88. The van der Waals surface area contributed by atoms with Crippen LogP contribution in [0.15, 0.2) is 151 Å². The molecule has 1 aromatic heterocycles. The van der Waals surface area contributed by atoms with Gasteiger partial charge in [-0.05, 0) is 106 Å². The van der Waals surface area contributed by atoms with Gasteiger partial charge in [-0.1, -0.05) is 110 Å². The molecule has 2 fully saturated rings. The largest absolute Gasteiger partial charge is 0.334 e. The fourth-order valence-corrected chi connectivity index (χ4v) is 9.79. The van der Waals surface area contributed by atoms with Gasteiger partial charge in [0.15, 0.2) is 0 Å². The fraction of sp³-hybridized carbons (Fsp3) is 0.200. The molecule has 0 amide bonds. The van der Waals surface area contributed by atoms with E-state index in [4.69, 9.17) is 0 Å². The van der Waals surface area contributed by atoms with Gasteiger partial charge in [-0.2, -0.15) is 0 Å². The van der Waals surface area contributed by atoms with Crippen LogP contribution >= 0.6 is 0 Å². The average Bonchev–Trinajstić information content (AvgIpc) is 3.63. The lowest BCUT2D eigenvalue weighted by Gasteiger charge is -2.43. The minimum Gasteiger partial charge on any atom is -0.334 e. The standard InChI is InChI=1S/C45H38N2/c1-45-26-12-20-38-39-27-33(22-24-37(39)43(44(38)45)35-18-9-8-13-30(35)29-45)46(31-14-4-2-5-15-31)34-23-25-42-40(28-34)36-19-10-11-21-41(36)47(42)32-16-6-3-7-17-32/h2-11,13-19,21,23-25,27-29,33,38,44H,12,20,22,26H2,1H3. The Balaban J connectivity index is 1.14. The lowest BCUT2D eigenvalue weighted by molar-refractivity contribution is 0.196. The number of fused-ring (bicyclic) bond motifs is 7. The predicted octanol–water partition coefficient (Wildman–Crippen LogP) is 9.63. The van der Waals surface area contributed by atoms with Crippen molar-refractivity contribution < 1.29 is 0 Å². The molecule has 10 rings (SSSR count). The molecule has 0 N–H and O–H groups in total. The average molecular weight is 607 g/mol. The fourth-order valence-electron chi connectivity index (χ4n) is 9.79. The van der Waals surface area contributed by atoms with Crippen LogP contribution in [-0.4, -0.2) is 10.6 Å². The van der Waals surface area contributed by atoms with Crippen LogP contribution in [0.4, 0.5) is 11.4 Å². The molecular formula is C45H38N2. The Morgan fingerprint density at radius 2 is 1.47 bits per heavy atom. The molecule has 47 heavy (non-hydrogen) atoms. The highest BCUT2D eigenvalue weighted by atomic mass is 15.2. The monoisotopic (exact) mass is 606 g/mol. The highest BCUT2D eigenvalue weighted by Crippen LogP contribution is 2.61. The Morgan fingerprint density at radius 3 is 2.34 bits per heavy atom. The molecule has 4 atom stereocenters. The van der Waals surface area contributed by atoms with E-state index in [1.165, 1.54) is 68.6 Å². The normalized spacial score (nSPS) is 24.2. The van der Waals surface area contributed by atoms with Crippen molar-refractivity contribution in [2.75, 3.05) is 4.90 Å². The molecule has 4 unspecified atom stereocenters. The first-order chi connectivity index (χ1) is 23.2. The van der Waals surface area contributed by atoms with Crippen molar-refractivity contribution in [1.82, 2.24) is 4.57 Å². The van der Waals surface area contributed by atoms with E-state index >= 15 is 0 Å². The minimum absolute atomic E-state index is 0.220. The van der Waals surface area contributed by atoms with E-state index < -0.39 is 0 Å². The minimum atomic E-state index is 0.220. The molecule has 2 heteroatoms. The third-order valence-corrected chi connectivity index (χ3v) is 11.6. The lowest BCUT2D eigenvalue weighted by atomic mass is 9.60. The molecule has 0 aliphatic heterocycles. The van der Waals surface area contributed by atoms with Gasteiger partial charge in [0.25, 0.3) is 0 Å². The van der Waals surface area contributed by atoms with E-state index in [2.05, 4.69) is 162 Å². The van der Waals surface area contributed by atoms with Crippen molar-refractivity contribution in [1.29, 1.82) is 0 Å². The molecule has 4 aliphatic carbocycles. The maximum absolute atomic E-state index is 2.67. The van der Waals surface area contributed by atoms with Crippen LogP contribution in [0.2, 0.25) is 0 Å². The smallest absolute Gasteiger partial charge is 0.0563 e. The molecule has 4 aliphatic rings. The summed E-state index contributed by atoms with van der Waals surface area (Å²) in [5.41, 5.74) is 11.2. The van der Waals surface area contributed by atoms with Crippen molar-refractivity contribution in [2.24, 2.45) is 17.3 Å². The third-order valence-electron chi connectivity index (χ3n) is 11.6. The summed E-state index contributed by atoms with van der Waals surface area (Å²) in [4.78, 5) is 2.60. The first kappa shape index (κ1) is 27.1. The van der Waals surface area contributed by atoms with Crippen LogP contribution in [0.1, 0.15) is 32.6 Å². The van der Waals surface area contributed by atoms with Crippen molar-refractivity contribution in [3.63, 3.8) is 0 Å². The maximum Gasteiger partial charge on any atom is 0.0563 e. The van der Waals surface area contributed by atoms with Gasteiger partial charge in [0.05, 0.1) is 17.1 Å². The van der Waals surface area contributed by atoms with Gasteiger partial charge in [-0.25, -0.2) is 0 Å². The van der Waals surface area contributed by atoms with Crippen molar-refractivity contribution in [3.05, 3.63) is 161 Å². The SMILES string of the molecule is CC12C=c3ccccc3=C3C4=CCC(N(c5ccccc5)c5ccc6c(c5)c5ccccc5n6-c5ccccc5)C=C4C(CCC1)C32. The summed E-state index contributed by atoms with van der Waals surface area (Å²) in [6, 6.07) is 47.2. The second kappa shape index (κ2) is 10.2. The van der Waals surface area contributed by atoms with Gasteiger partial charge < -0.3 is 9.47 Å². The van der Waals surface area contributed by atoms with Crippen molar-refractivity contribution in [3.8, 4) is 5.69 Å². The number of aromatic nitrogens is 1. The van der Waals surface area contributed by atoms with Gasteiger partial charge >= 0.3 is 0 Å². The van der Waals surface area contributed by atoms with Crippen LogP contribution in [0.25, 0.3) is 39.1 Å². The molecule has 0 radical (unpaired) electrons. The summed E-state index contributed by atoms with van der Waals surface area (Å²) in [6.07, 6.45) is 12.7. The Morgan fingerprint density at radius 1 is 0.723 bits per heavy atom. The highest BCUT2D eigenvalue weighted by Gasteiger charge is 2.52. The Hall–Kier alpha value is -5.08. The second-order valence-corrected chi connectivity index (χ2v) is 14.3. The van der Waals surface area contributed by atoms with Crippen LogP contribution in [0.3, 0.4) is 0 Å². The summed E-state index contributed by atoms with van der Waals surface area (Å²) in [7, 11) is 0. The number of nitrogens with zero attached hydrogens (tertiary/aromatic N) is 2. The molecule has 5 aromatic carbocycles. The topological polar surface area (TPSA) is 8.17 Å². The zero-order valence-corrected chi connectivity index (χ0v) is 26.8. The second-order valence-electron chi connectivity index (χ2n) is 14.3. The van der Waals surface area contributed by atoms with E-state index in [-0.39, 0.29) is 11.5 Å². The van der Waals surface area contributed by atoms with Gasteiger partial charge in [0, 0.05) is 33.8 Å². The number of anilines is 2. The molecule has 0 spiro atoms. The summed E-state index contributed by atoms with van der Waals surface area (Å²) < 4.78 is 2.41. The van der Waals surface area contributed by atoms with Crippen LogP contribution in [0, 0.1) is 17.3 Å². The van der Waals surface area contributed by atoms with Gasteiger partial charge in [0.2, 0.25) is 0 Å². The molecule has 2 nitrogen and oxygen atoms in total.